The fourth-order valence-corrected chi connectivity index (χ4v) is 18.9. The Kier molecular flexibility index (Phi) is 29.1. The summed E-state index contributed by atoms with van der Waals surface area (Å²) in [4.78, 5) is 75.4. The number of carbonyl (C=O) groups is 4. The van der Waals surface area contributed by atoms with Crippen LogP contribution in [0.1, 0.15) is 71.1 Å². The molecule has 12 aromatic rings. The molecule has 4 aliphatic rings. The van der Waals surface area contributed by atoms with E-state index in [1.165, 1.54) is 173 Å². The van der Waals surface area contributed by atoms with Gasteiger partial charge >= 0.3 is 0 Å². The first kappa shape index (κ1) is 94.5. The highest BCUT2D eigenvalue weighted by Gasteiger charge is 2.37. The number of ether oxygens (including phenoxy) is 4. The molecule has 0 bridgehead atoms. The van der Waals surface area contributed by atoms with Crippen LogP contribution in [0.2, 0.25) is 45.2 Å². The van der Waals surface area contributed by atoms with Crippen molar-refractivity contribution in [3.8, 4) is 23.0 Å². The van der Waals surface area contributed by atoms with Crippen LogP contribution in [0.5, 0.6) is 23.0 Å². The second-order valence-corrected chi connectivity index (χ2v) is 38.9. The molecule has 1 unspecified atom stereocenters. The third-order valence-electron chi connectivity index (χ3n) is 19.3. The fraction of sp³-hybridized carbons (Fsp3) is 0.153. The van der Waals surface area contributed by atoms with Gasteiger partial charge in [0, 0.05) is 62.0 Å². The lowest BCUT2D eigenvalue weighted by atomic mass is 10.1. The molecule has 0 radical (unpaired) electrons. The average Bonchev–Trinajstić information content (AvgIpc) is 0.776. The maximum atomic E-state index is 13.8. The Morgan fingerprint density at radius 3 is 0.953 bits per heavy atom. The maximum Gasteiger partial charge on any atom is 0.279 e. The molecule has 0 aliphatic carbocycles. The molecule has 16 rings (SSSR count). The zero-order valence-corrected chi connectivity index (χ0v) is 77.0. The quantitative estimate of drug-likeness (QED) is 0.0698. The highest BCUT2D eigenvalue weighted by molar-refractivity contribution is 7.93. The molecule has 4 amide bonds. The normalized spacial score (nSPS) is 13.9. The number of benzene rings is 8. The fourth-order valence-electron chi connectivity index (χ4n) is 13.0. The van der Waals surface area contributed by atoms with Gasteiger partial charge in [-0.05, 0) is 209 Å². The monoisotopic (exact) mass is 1990 g/mol. The van der Waals surface area contributed by atoms with E-state index in [-0.39, 0.29) is 142 Å². The van der Waals surface area contributed by atoms with Gasteiger partial charge in [-0.2, -0.15) is 0 Å². The predicted molar refractivity (Wildman–Crippen MR) is 489 cm³/mol. The topological polar surface area (TPSA) is 354 Å². The van der Waals surface area contributed by atoms with Crippen molar-refractivity contribution in [2.75, 3.05) is 84.5 Å². The number of rotatable bonds is 16. The number of nitrogens with zero attached hydrogens (tertiary/aromatic N) is 8. The lowest BCUT2D eigenvalue weighted by Crippen LogP contribution is -2.45. The summed E-state index contributed by atoms with van der Waals surface area (Å²) in [7, 11) is -16.3. The van der Waals surface area contributed by atoms with Crippen molar-refractivity contribution in [2.24, 2.45) is 0 Å². The minimum absolute atomic E-state index is 0.00265. The zero-order valence-electron chi connectivity index (χ0n) is 67.0. The lowest BCUT2D eigenvalue weighted by molar-refractivity contribution is 0.0952. The Hall–Kier alpha value is -11.1. The van der Waals surface area contributed by atoms with Crippen molar-refractivity contribution in [1.29, 1.82) is 0 Å². The molecule has 0 fully saturated rings. The molecular weight excluding hydrogens is 1930 g/mol. The lowest BCUT2D eigenvalue weighted by Gasteiger charge is -2.35. The standard InChI is InChI=1S/C22H19Cl2N3O4S.C21H16Cl3N3O4S.2C21H16Cl2FN3O4S/c1-13-9-16(7-8-17(13)24)32(29,30)26-18-10-15(23)11-25-21(18)22(28)27-14(2)12-31-20-6-4-3-5-19(20)27;1-12-8-15(3-4-16(12)24)32(29,30)26-17-9-14(23)11-25-20(17)21(28)27-6-7-31-19-5-2-13(22)10-18(19)27;2*1-12-8-15(3-4-16(12)23)32(29,30)26-17-9-13(22)11-25-20(17)21(28)27-6-7-31-19-5-2-14(24)10-18(19)27/h3-11,14,26H,12H2,1-2H3;3*2-5,8-11,26H,6-7H2,1H3. The van der Waals surface area contributed by atoms with Crippen LogP contribution >= 0.6 is 104 Å². The van der Waals surface area contributed by atoms with Gasteiger partial charge in [0.15, 0.2) is 22.8 Å². The van der Waals surface area contributed by atoms with E-state index >= 15 is 0 Å². The van der Waals surface area contributed by atoms with Crippen LogP contribution in [0.25, 0.3) is 0 Å². The van der Waals surface area contributed by atoms with Gasteiger partial charge in [-0.3, -0.25) is 57.7 Å². The van der Waals surface area contributed by atoms with Crippen LogP contribution in [-0.4, -0.2) is 129 Å². The molecule has 664 valence electrons. The Bertz CT molecular complexity index is 6460. The molecule has 1 atom stereocenters. The molecule has 0 saturated carbocycles. The first-order valence-electron chi connectivity index (χ1n) is 37.7. The number of amides is 4. The number of aryl methyl sites for hydroxylation is 4. The van der Waals surface area contributed by atoms with Crippen LogP contribution < -0.4 is 57.4 Å². The first-order valence-corrected chi connectivity index (χ1v) is 47.0. The average molecular weight is 2000 g/mol. The van der Waals surface area contributed by atoms with Crippen LogP contribution in [0.3, 0.4) is 0 Å². The highest BCUT2D eigenvalue weighted by atomic mass is 35.5. The Labute approximate surface area is 778 Å². The number of carbonyl (C=O) groups excluding carboxylic acids is 4. The molecule has 0 saturated heterocycles. The number of anilines is 8. The van der Waals surface area contributed by atoms with E-state index in [9.17, 15) is 61.6 Å². The highest BCUT2D eigenvalue weighted by Crippen LogP contribution is 2.42. The van der Waals surface area contributed by atoms with Gasteiger partial charge in [0.1, 0.15) is 61.1 Å². The molecule has 8 heterocycles. The summed E-state index contributed by atoms with van der Waals surface area (Å²) in [6.07, 6.45) is 5.03. The molecule has 0 spiro atoms. The number of hydrogen-bond acceptors (Lipinski definition) is 20. The Morgan fingerprint density at radius 2 is 0.633 bits per heavy atom. The van der Waals surface area contributed by atoms with Crippen LogP contribution in [-0.2, 0) is 40.1 Å². The van der Waals surface area contributed by atoms with Gasteiger partial charge in [0.05, 0.1) is 111 Å². The number of pyridine rings is 4. The van der Waals surface area contributed by atoms with Crippen molar-refractivity contribution in [1.82, 2.24) is 19.9 Å². The Morgan fingerprint density at radius 1 is 0.344 bits per heavy atom. The van der Waals surface area contributed by atoms with E-state index in [0.717, 1.165) is 0 Å². The second-order valence-electron chi connectivity index (χ2n) is 28.3. The molecule has 8 aromatic carbocycles. The van der Waals surface area contributed by atoms with E-state index in [1.807, 2.05) is 13.0 Å². The van der Waals surface area contributed by atoms with E-state index in [4.69, 9.17) is 123 Å². The van der Waals surface area contributed by atoms with Crippen LogP contribution in [0, 0.1) is 39.3 Å². The molecule has 128 heavy (non-hydrogen) atoms. The van der Waals surface area contributed by atoms with E-state index < -0.39 is 75.4 Å². The van der Waals surface area contributed by atoms with Gasteiger partial charge in [-0.25, -0.2) is 62.4 Å². The number of halogens is 11. The molecule has 28 nitrogen and oxygen atoms in total. The van der Waals surface area contributed by atoms with E-state index in [0.29, 0.717) is 88.3 Å². The van der Waals surface area contributed by atoms with Crippen molar-refractivity contribution in [3.63, 3.8) is 0 Å². The van der Waals surface area contributed by atoms with Gasteiger partial charge in [-0.15, -0.1) is 0 Å². The minimum atomic E-state index is -4.09. The summed E-state index contributed by atoms with van der Waals surface area (Å²) in [5.41, 5.74) is 2.96. The predicted octanol–water partition coefficient (Wildman–Crippen LogP) is 19.5. The number of nitrogens with one attached hydrogen (secondary N) is 4. The van der Waals surface area contributed by atoms with Gasteiger partial charge in [0.25, 0.3) is 63.7 Å². The van der Waals surface area contributed by atoms with Crippen molar-refractivity contribution in [2.45, 2.75) is 60.2 Å². The third-order valence-corrected chi connectivity index (χ3v) is 27.5. The number of fused-ring (bicyclic) bond motifs is 4. The molecule has 4 N–H and O–H groups in total. The molecular formula is C85H67Cl9F2N12O16S4. The van der Waals surface area contributed by atoms with Crippen LogP contribution in [0.15, 0.2) is 220 Å². The molecule has 4 aromatic heterocycles. The van der Waals surface area contributed by atoms with Crippen LogP contribution in [0.4, 0.5) is 54.3 Å². The molecule has 43 heteroatoms. The first-order chi connectivity index (χ1) is 60.6. The number of sulfonamides is 4. The number of aromatic nitrogens is 4. The zero-order chi connectivity index (χ0) is 92.2. The van der Waals surface area contributed by atoms with E-state index in [1.54, 1.807) is 69.0 Å². The summed E-state index contributed by atoms with van der Waals surface area (Å²) in [5, 5.41) is 2.75. The summed E-state index contributed by atoms with van der Waals surface area (Å²) < 4.78 is 163. The maximum absolute atomic E-state index is 13.8. The largest absolute Gasteiger partial charge is 0.490 e. The molecule has 4 aliphatic heterocycles. The number of para-hydroxylation sites is 2. The Balaban J connectivity index is 0.000000146. The van der Waals surface area contributed by atoms with Crippen molar-refractivity contribution < 1.29 is 80.6 Å². The number of hydrogen-bond donors (Lipinski definition) is 4. The van der Waals surface area contributed by atoms with Gasteiger partial charge < -0.3 is 18.9 Å². The third kappa shape index (κ3) is 21.7. The van der Waals surface area contributed by atoms with Crippen molar-refractivity contribution in [3.05, 3.63) is 303 Å². The van der Waals surface area contributed by atoms with E-state index in [2.05, 4.69) is 38.8 Å². The van der Waals surface area contributed by atoms with Crippen molar-refractivity contribution >= 4 is 214 Å². The minimum Gasteiger partial charge on any atom is -0.490 e. The summed E-state index contributed by atoms with van der Waals surface area (Å²) in [6, 6.07) is 41.7. The summed E-state index contributed by atoms with van der Waals surface area (Å²) >= 11 is 54.3. The summed E-state index contributed by atoms with van der Waals surface area (Å²) in [6.45, 7) is 9.99. The van der Waals surface area contributed by atoms with Gasteiger partial charge in [0.2, 0.25) is 0 Å². The SMILES string of the molecule is Cc1cc(S(=O)(=O)Nc2cc(Cl)cnc2C(=O)N2CCOc3ccc(Cl)cc32)ccc1Cl.Cc1cc(S(=O)(=O)Nc2cc(Cl)cnc2C(=O)N2CCOc3ccc(F)cc32)ccc1Cl.Cc1cc(S(=O)(=O)Nc2cc(Cl)cnc2C(=O)N2CCOc3ccc(F)cc32)ccc1Cl.Cc1cc(S(=O)(=O)Nc2cc(Cl)cnc2C(=O)N2c3ccccc3OCC2C)ccc1Cl. The summed E-state index contributed by atoms with van der Waals surface area (Å²) in [5.74, 6) is -1.66. The van der Waals surface area contributed by atoms with Gasteiger partial charge in [-0.1, -0.05) is 117 Å². The second kappa shape index (κ2) is 39.5. The smallest absolute Gasteiger partial charge is 0.279 e.